The molecule has 1 aromatic carbocycles. The van der Waals surface area contributed by atoms with E-state index in [0.717, 1.165) is 17.7 Å². The van der Waals surface area contributed by atoms with Crippen molar-refractivity contribution in [1.82, 2.24) is 0 Å². The number of aryl methyl sites for hydroxylation is 1. The minimum Gasteiger partial charge on any atom is -0.494 e. The largest absolute Gasteiger partial charge is 0.494 e. The predicted molar refractivity (Wildman–Crippen MR) is 61.7 cm³/mol. The van der Waals surface area contributed by atoms with Gasteiger partial charge in [-0.05, 0) is 43.0 Å². The summed E-state index contributed by atoms with van der Waals surface area (Å²) in [5.74, 6) is 0.972. The summed E-state index contributed by atoms with van der Waals surface area (Å²) < 4.78 is 5.53. The lowest BCUT2D eigenvalue weighted by molar-refractivity contribution is 0.338. The average molecular weight is 190 g/mol. The molecule has 0 saturated heterocycles. The Morgan fingerprint density at radius 2 is 2.07 bits per heavy atom. The molecule has 0 atom stereocenters. The van der Waals surface area contributed by atoms with Gasteiger partial charge in [0.05, 0.1) is 6.61 Å². The molecule has 76 valence electrons. The predicted octanol–water partition coefficient (Wildman–Crippen LogP) is 3.82. The zero-order chi connectivity index (χ0) is 10.6. The standard InChI is InChI=1S/C13H18O/c1-5-10(3)12-8-7-11(4)13(9-12)14-6-2/h7-9H,3,5-6H2,1-2,4H3. The van der Waals surface area contributed by atoms with Crippen LogP contribution in [0, 0.1) is 6.92 Å². The summed E-state index contributed by atoms with van der Waals surface area (Å²) in [6.07, 6.45) is 0.981. The highest BCUT2D eigenvalue weighted by molar-refractivity contribution is 5.65. The Morgan fingerprint density at radius 3 is 2.64 bits per heavy atom. The van der Waals surface area contributed by atoms with Gasteiger partial charge in [-0.1, -0.05) is 25.6 Å². The topological polar surface area (TPSA) is 9.23 Å². The van der Waals surface area contributed by atoms with E-state index in [1.54, 1.807) is 0 Å². The summed E-state index contributed by atoms with van der Waals surface area (Å²) in [6.45, 7) is 10.9. The molecule has 14 heavy (non-hydrogen) atoms. The first kappa shape index (κ1) is 10.8. The molecule has 1 heteroatoms. The molecule has 0 bridgehead atoms. The molecule has 0 heterocycles. The monoisotopic (exact) mass is 190 g/mol. The van der Waals surface area contributed by atoms with Crippen LogP contribution in [-0.4, -0.2) is 6.61 Å². The fourth-order valence-electron chi connectivity index (χ4n) is 1.34. The van der Waals surface area contributed by atoms with Crippen LogP contribution in [0.15, 0.2) is 24.8 Å². The smallest absolute Gasteiger partial charge is 0.122 e. The maximum Gasteiger partial charge on any atom is 0.122 e. The van der Waals surface area contributed by atoms with E-state index in [1.165, 1.54) is 11.1 Å². The van der Waals surface area contributed by atoms with Crippen LogP contribution in [0.25, 0.3) is 5.57 Å². The first-order valence-electron chi connectivity index (χ1n) is 5.10. The summed E-state index contributed by atoms with van der Waals surface area (Å²) in [5.41, 5.74) is 3.52. The molecule has 0 aliphatic heterocycles. The second kappa shape index (κ2) is 4.85. The highest BCUT2D eigenvalue weighted by Gasteiger charge is 2.02. The molecule has 0 amide bonds. The molecule has 0 aromatic heterocycles. The van der Waals surface area contributed by atoms with Crippen molar-refractivity contribution in [3.63, 3.8) is 0 Å². The second-order valence-corrected chi connectivity index (χ2v) is 3.37. The van der Waals surface area contributed by atoms with Crippen molar-refractivity contribution >= 4 is 5.57 Å². The van der Waals surface area contributed by atoms with Gasteiger partial charge in [0.2, 0.25) is 0 Å². The van der Waals surface area contributed by atoms with Crippen molar-refractivity contribution in [3.8, 4) is 5.75 Å². The van der Waals surface area contributed by atoms with E-state index in [0.29, 0.717) is 6.61 Å². The summed E-state index contributed by atoms with van der Waals surface area (Å²) >= 11 is 0. The van der Waals surface area contributed by atoms with Gasteiger partial charge in [0.1, 0.15) is 5.75 Å². The van der Waals surface area contributed by atoms with Gasteiger partial charge in [0, 0.05) is 0 Å². The van der Waals surface area contributed by atoms with E-state index in [-0.39, 0.29) is 0 Å². The summed E-state index contributed by atoms with van der Waals surface area (Å²) in [7, 11) is 0. The van der Waals surface area contributed by atoms with E-state index >= 15 is 0 Å². The van der Waals surface area contributed by atoms with Crippen molar-refractivity contribution < 1.29 is 4.74 Å². The Labute approximate surface area is 86.4 Å². The first-order valence-corrected chi connectivity index (χ1v) is 5.10. The highest BCUT2D eigenvalue weighted by Crippen LogP contribution is 2.24. The van der Waals surface area contributed by atoms with Crippen LogP contribution >= 0.6 is 0 Å². The molecule has 0 saturated carbocycles. The van der Waals surface area contributed by atoms with Crippen molar-refractivity contribution in [2.45, 2.75) is 27.2 Å². The number of rotatable bonds is 4. The van der Waals surface area contributed by atoms with Gasteiger partial charge in [0.15, 0.2) is 0 Å². The summed E-state index contributed by atoms with van der Waals surface area (Å²) in [4.78, 5) is 0. The molecule has 0 spiro atoms. The zero-order valence-corrected chi connectivity index (χ0v) is 9.26. The number of benzene rings is 1. The van der Waals surface area contributed by atoms with Crippen LogP contribution in [-0.2, 0) is 0 Å². The Balaban J connectivity index is 2.99. The molecule has 1 nitrogen and oxygen atoms in total. The van der Waals surface area contributed by atoms with E-state index in [4.69, 9.17) is 4.74 Å². The van der Waals surface area contributed by atoms with E-state index in [2.05, 4.69) is 38.6 Å². The van der Waals surface area contributed by atoms with E-state index in [9.17, 15) is 0 Å². The van der Waals surface area contributed by atoms with Gasteiger partial charge in [0.25, 0.3) is 0 Å². The molecule has 1 aromatic rings. The van der Waals surface area contributed by atoms with Crippen molar-refractivity contribution in [2.75, 3.05) is 6.61 Å². The lowest BCUT2D eigenvalue weighted by atomic mass is 10.0. The molecular weight excluding hydrogens is 172 g/mol. The normalized spacial score (nSPS) is 9.93. The second-order valence-electron chi connectivity index (χ2n) is 3.37. The molecule has 0 fully saturated rings. The molecule has 0 aliphatic rings. The van der Waals surface area contributed by atoms with Gasteiger partial charge in [-0.25, -0.2) is 0 Å². The number of hydrogen-bond donors (Lipinski definition) is 0. The van der Waals surface area contributed by atoms with Crippen molar-refractivity contribution in [3.05, 3.63) is 35.9 Å². The van der Waals surface area contributed by atoms with E-state index in [1.807, 2.05) is 6.92 Å². The Morgan fingerprint density at radius 1 is 1.36 bits per heavy atom. The first-order chi connectivity index (χ1) is 6.69. The number of hydrogen-bond acceptors (Lipinski definition) is 1. The maximum absolute atomic E-state index is 5.53. The van der Waals surface area contributed by atoms with Crippen LogP contribution in [0.5, 0.6) is 5.75 Å². The third kappa shape index (κ3) is 2.38. The maximum atomic E-state index is 5.53. The molecule has 0 unspecified atom stereocenters. The number of allylic oxidation sites excluding steroid dienone is 1. The highest BCUT2D eigenvalue weighted by atomic mass is 16.5. The third-order valence-corrected chi connectivity index (χ3v) is 2.32. The molecule has 1 rings (SSSR count). The van der Waals surface area contributed by atoms with Crippen LogP contribution in [0.2, 0.25) is 0 Å². The minimum atomic E-state index is 0.711. The SMILES string of the molecule is C=C(CC)c1ccc(C)c(OCC)c1. The van der Waals surface area contributed by atoms with Crippen LogP contribution in [0.1, 0.15) is 31.4 Å². The molecule has 0 radical (unpaired) electrons. The van der Waals surface area contributed by atoms with Gasteiger partial charge in [-0.2, -0.15) is 0 Å². The Kier molecular flexibility index (Phi) is 3.75. The van der Waals surface area contributed by atoms with Gasteiger partial charge in [-0.3, -0.25) is 0 Å². The van der Waals surface area contributed by atoms with Gasteiger partial charge in [-0.15, -0.1) is 0 Å². The molecular formula is C13H18O. The van der Waals surface area contributed by atoms with Crippen LogP contribution in [0.4, 0.5) is 0 Å². The van der Waals surface area contributed by atoms with Crippen molar-refractivity contribution in [2.24, 2.45) is 0 Å². The molecule has 0 N–H and O–H groups in total. The van der Waals surface area contributed by atoms with Crippen LogP contribution in [0.3, 0.4) is 0 Å². The lowest BCUT2D eigenvalue weighted by Gasteiger charge is -2.10. The summed E-state index contributed by atoms with van der Waals surface area (Å²) in [6, 6.07) is 6.26. The average Bonchev–Trinajstić information content (AvgIpc) is 2.20. The fraction of sp³-hybridized carbons (Fsp3) is 0.385. The van der Waals surface area contributed by atoms with E-state index < -0.39 is 0 Å². The summed E-state index contributed by atoms with van der Waals surface area (Å²) in [5, 5.41) is 0. The lowest BCUT2D eigenvalue weighted by Crippen LogP contribution is -1.95. The quantitative estimate of drug-likeness (QED) is 0.701. The number of ether oxygens (including phenoxy) is 1. The van der Waals surface area contributed by atoms with Crippen LogP contribution < -0.4 is 4.74 Å². The minimum absolute atomic E-state index is 0.711. The van der Waals surface area contributed by atoms with Crippen molar-refractivity contribution in [1.29, 1.82) is 0 Å². The van der Waals surface area contributed by atoms with Gasteiger partial charge < -0.3 is 4.74 Å². The zero-order valence-electron chi connectivity index (χ0n) is 9.26. The van der Waals surface area contributed by atoms with Gasteiger partial charge >= 0.3 is 0 Å². The Bertz CT molecular complexity index is 326. The molecule has 0 aliphatic carbocycles. The Hall–Kier alpha value is -1.24. The fourth-order valence-corrected chi connectivity index (χ4v) is 1.34. The third-order valence-electron chi connectivity index (χ3n) is 2.32.